The minimum absolute atomic E-state index is 0.260. The highest BCUT2D eigenvalue weighted by atomic mass is 16.4. The van der Waals surface area contributed by atoms with E-state index < -0.39 is 5.97 Å². The molecule has 106 valence electrons. The Hall–Kier alpha value is -2.30. The van der Waals surface area contributed by atoms with Crippen LogP contribution in [0.4, 0.5) is 11.5 Å². The summed E-state index contributed by atoms with van der Waals surface area (Å²) in [4.78, 5) is 13.5. The highest BCUT2D eigenvalue weighted by molar-refractivity contribution is 5.96. The Balaban J connectivity index is 2.61. The molecule has 5 heteroatoms. The Labute approximate surface area is 118 Å². The number of hydrogen-bond acceptors (Lipinski definition) is 3. The highest BCUT2D eigenvalue weighted by Gasteiger charge is 2.24. The number of nitrogens with zero attached hydrogens (tertiary/aromatic N) is 3. The summed E-state index contributed by atoms with van der Waals surface area (Å²) in [5, 5.41) is 13.7. The lowest BCUT2D eigenvalue weighted by Gasteiger charge is -2.24. The average Bonchev–Trinajstić information content (AvgIpc) is 2.66. The van der Waals surface area contributed by atoms with Gasteiger partial charge in [0.2, 0.25) is 0 Å². The molecule has 0 bridgehead atoms. The maximum Gasteiger partial charge on any atom is 0.341 e. The summed E-state index contributed by atoms with van der Waals surface area (Å²) in [7, 11) is 1.77. The molecule has 5 nitrogen and oxygen atoms in total. The fourth-order valence-electron chi connectivity index (χ4n) is 2.46. The Morgan fingerprint density at radius 1 is 1.40 bits per heavy atom. The zero-order valence-electron chi connectivity index (χ0n) is 12.2. The number of aromatic carboxylic acids is 1. The first-order valence-corrected chi connectivity index (χ1v) is 6.56. The maximum absolute atomic E-state index is 11.5. The standard InChI is InChI=1S/C15H19N3O2/c1-5-18(12-8-6-7-10(2)9-12)14-13(15(19)20)11(3)16-17(14)4/h6-9H,5H2,1-4H3,(H,19,20). The van der Waals surface area contributed by atoms with E-state index in [2.05, 4.69) is 5.10 Å². The lowest BCUT2D eigenvalue weighted by Crippen LogP contribution is -2.21. The fourth-order valence-corrected chi connectivity index (χ4v) is 2.46. The summed E-state index contributed by atoms with van der Waals surface area (Å²) in [5.41, 5.74) is 2.90. The van der Waals surface area contributed by atoms with E-state index in [1.54, 1.807) is 18.7 Å². The van der Waals surface area contributed by atoms with E-state index in [-0.39, 0.29) is 5.56 Å². The highest BCUT2D eigenvalue weighted by Crippen LogP contribution is 2.30. The van der Waals surface area contributed by atoms with Crippen LogP contribution in [0.25, 0.3) is 0 Å². The third-order valence-electron chi connectivity index (χ3n) is 3.29. The molecule has 1 aromatic carbocycles. The van der Waals surface area contributed by atoms with Crippen molar-refractivity contribution in [2.24, 2.45) is 7.05 Å². The number of hydrogen-bond donors (Lipinski definition) is 1. The molecule has 0 spiro atoms. The maximum atomic E-state index is 11.5. The van der Waals surface area contributed by atoms with Gasteiger partial charge in [0, 0.05) is 19.3 Å². The number of carboxylic acid groups (broad SMARTS) is 1. The van der Waals surface area contributed by atoms with Gasteiger partial charge in [-0.1, -0.05) is 12.1 Å². The van der Waals surface area contributed by atoms with Crippen LogP contribution in [0.15, 0.2) is 24.3 Å². The zero-order chi connectivity index (χ0) is 14.9. The largest absolute Gasteiger partial charge is 0.477 e. The monoisotopic (exact) mass is 273 g/mol. The number of anilines is 2. The average molecular weight is 273 g/mol. The molecule has 0 saturated carbocycles. The van der Waals surface area contributed by atoms with Gasteiger partial charge in [-0.15, -0.1) is 0 Å². The third kappa shape index (κ3) is 2.39. The Morgan fingerprint density at radius 3 is 2.65 bits per heavy atom. The van der Waals surface area contributed by atoms with Crippen LogP contribution in [-0.2, 0) is 7.05 Å². The van der Waals surface area contributed by atoms with Crippen LogP contribution in [0.3, 0.4) is 0 Å². The van der Waals surface area contributed by atoms with Crippen molar-refractivity contribution >= 4 is 17.5 Å². The van der Waals surface area contributed by atoms with Crippen LogP contribution in [0.5, 0.6) is 0 Å². The van der Waals surface area contributed by atoms with Crippen molar-refractivity contribution in [1.29, 1.82) is 0 Å². The Morgan fingerprint density at radius 2 is 2.10 bits per heavy atom. The molecule has 0 atom stereocenters. The van der Waals surface area contributed by atoms with Gasteiger partial charge in [0.25, 0.3) is 0 Å². The molecule has 0 radical (unpaired) electrons. The third-order valence-corrected chi connectivity index (χ3v) is 3.29. The summed E-state index contributed by atoms with van der Waals surface area (Å²) < 4.78 is 1.63. The molecule has 0 aliphatic heterocycles. The van der Waals surface area contributed by atoms with Crippen molar-refractivity contribution in [1.82, 2.24) is 9.78 Å². The first-order valence-electron chi connectivity index (χ1n) is 6.56. The quantitative estimate of drug-likeness (QED) is 0.930. The van der Waals surface area contributed by atoms with E-state index in [9.17, 15) is 9.90 Å². The molecule has 0 aliphatic rings. The summed E-state index contributed by atoms with van der Waals surface area (Å²) in [6.45, 7) is 6.40. The number of carboxylic acids is 1. The minimum atomic E-state index is -0.947. The Bertz CT molecular complexity index is 647. The van der Waals surface area contributed by atoms with Crippen LogP contribution in [-0.4, -0.2) is 27.4 Å². The summed E-state index contributed by atoms with van der Waals surface area (Å²) >= 11 is 0. The molecule has 20 heavy (non-hydrogen) atoms. The van der Waals surface area contributed by atoms with Gasteiger partial charge in [-0.05, 0) is 38.5 Å². The molecular formula is C15H19N3O2. The van der Waals surface area contributed by atoms with E-state index >= 15 is 0 Å². The number of aromatic nitrogens is 2. The van der Waals surface area contributed by atoms with Gasteiger partial charge in [-0.2, -0.15) is 5.10 Å². The van der Waals surface area contributed by atoms with E-state index in [1.807, 2.05) is 43.0 Å². The van der Waals surface area contributed by atoms with E-state index in [1.165, 1.54) is 0 Å². The number of rotatable bonds is 4. The second kappa shape index (κ2) is 5.36. The predicted molar refractivity (Wildman–Crippen MR) is 78.8 cm³/mol. The van der Waals surface area contributed by atoms with Crippen LogP contribution in [0.1, 0.15) is 28.5 Å². The van der Waals surface area contributed by atoms with E-state index in [4.69, 9.17) is 0 Å². The second-order valence-electron chi connectivity index (χ2n) is 4.80. The molecule has 0 aliphatic carbocycles. The van der Waals surface area contributed by atoms with Crippen molar-refractivity contribution in [2.75, 3.05) is 11.4 Å². The molecule has 2 aromatic rings. The van der Waals surface area contributed by atoms with Gasteiger partial charge in [0.1, 0.15) is 11.4 Å². The van der Waals surface area contributed by atoms with Gasteiger partial charge in [0.05, 0.1) is 5.69 Å². The SMILES string of the molecule is CCN(c1cccc(C)c1)c1c(C(=O)O)c(C)nn1C. The predicted octanol–water partition coefficient (Wildman–Crippen LogP) is 2.89. The molecule has 0 amide bonds. The molecule has 1 N–H and O–H groups in total. The number of benzene rings is 1. The van der Waals surface area contributed by atoms with Crippen molar-refractivity contribution in [3.05, 3.63) is 41.1 Å². The lowest BCUT2D eigenvalue weighted by atomic mass is 10.2. The molecule has 0 fully saturated rings. The molecule has 0 unspecified atom stereocenters. The summed E-state index contributed by atoms with van der Waals surface area (Å²) in [5.74, 6) is -0.334. The summed E-state index contributed by atoms with van der Waals surface area (Å²) in [6, 6.07) is 8.00. The Kier molecular flexibility index (Phi) is 3.79. The van der Waals surface area contributed by atoms with Gasteiger partial charge >= 0.3 is 5.97 Å². The van der Waals surface area contributed by atoms with Gasteiger partial charge in [-0.3, -0.25) is 4.68 Å². The van der Waals surface area contributed by atoms with Gasteiger partial charge < -0.3 is 10.0 Å². The van der Waals surface area contributed by atoms with Gasteiger partial charge in [0.15, 0.2) is 0 Å². The summed E-state index contributed by atoms with van der Waals surface area (Å²) in [6.07, 6.45) is 0. The number of carbonyl (C=O) groups is 1. The van der Waals surface area contributed by atoms with Crippen molar-refractivity contribution in [2.45, 2.75) is 20.8 Å². The molecule has 2 rings (SSSR count). The van der Waals surface area contributed by atoms with Crippen LogP contribution in [0, 0.1) is 13.8 Å². The van der Waals surface area contributed by atoms with E-state index in [0.717, 1.165) is 11.3 Å². The first kappa shape index (κ1) is 14.1. The topological polar surface area (TPSA) is 58.4 Å². The molecular weight excluding hydrogens is 254 g/mol. The normalized spacial score (nSPS) is 10.6. The van der Waals surface area contributed by atoms with E-state index in [0.29, 0.717) is 18.1 Å². The van der Waals surface area contributed by atoms with Gasteiger partial charge in [-0.25, -0.2) is 4.79 Å². The minimum Gasteiger partial charge on any atom is -0.477 e. The molecule has 1 aromatic heterocycles. The second-order valence-corrected chi connectivity index (χ2v) is 4.80. The molecule has 1 heterocycles. The smallest absolute Gasteiger partial charge is 0.341 e. The van der Waals surface area contributed by atoms with Crippen molar-refractivity contribution < 1.29 is 9.90 Å². The fraction of sp³-hybridized carbons (Fsp3) is 0.333. The van der Waals surface area contributed by atoms with Crippen LogP contribution >= 0.6 is 0 Å². The molecule has 0 saturated heterocycles. The van der Waals surface area contributed by atoms with Crippen LogP contribution < -0.4 is 4.90 Å². The van der Waals surface area contributed by atoms with Crippen molar-refractivity contribution in [3.8, 4) is 0 Å². The van der Waals surface area contributed by atoms with Crippen LogP contribution in [0.2, 0.25) is 0 Å². The first-order chi connectivity index (χ1) is 9.45. The zero-order valence-corrected chi connectivity index (χ0v) is 12.2. The number of aryl methyl sites for hydroxylation is 3. The lowest BCUT2D eigenvalue weighted by molar-refractivity contribution is 0.0697. The van der Waals surface area contributed by atoms with Crippen molar-refractivity contribution in [3.63, 3.8) is 0 Å².